The van der Waals surface area contributed by atoms with Crippen LogP contribution >= 0.6 is 11.3 Å². The number of hydrogen-bond acceptors (Lipinski definition) is 4. The Balaban J connectivity index is 2.21. The molecule has 0 amide bonds. The second kappa shape index (κ2) is 7.80. The Hall–Kier alpha value is -0.450. The highest BCUT2D eigenvalue weighted by molar-refractivity contribution is 7.09. The van der Waals surface area contributed by atoms with E-state index in [1.54, 1.807) is 11.3 Å². The van der Waals surface area contributed by atoms with Crippen molar-refractivity contribution in [3.8, 4) is 0 Å². The maximum atomic E-state index is 4.29. The summed E-state index contributed by atoms with van der Waals surface area (Å²) in [5.41, 5.74) is 3.09. The summed E-state index contributed by atoms with van der Waals surface area (Å²) in [6.45, 7) is 13.3. The first-order valence-electron chi connectivity index (χ1n) is 6.54. The average Bonchev–Trinajstić information content (AvgIpc) is 2.75. The third kappa shape index (κ3) is 4.74. The third-order valence-electron chi connectivity index (χ3n) is 3.17. The summed E-state index contributed by atoms with van der Waals surface area (Å²) in [5.74, 6) is 0. The van der Waals surface area contributed by atoms with Gasteiger partial charge in [-0.15, -0.1) is 11.3 Å². The SMILES string of the molecule is CCN(CC)CCCNC(C)c1scnc1C. The molecule has 0 radical (unpaired) electrons. The van der Waals surface area contributed by atoms with Crippen molar-refractivity contribution in [1.29, 1.82) is 0 Å². The van der Waals surface area contributed by atoms with Gasteiger partial charge in [0.25, 0.3) is 0 Å². The van der Waals surface area contributed by atoms with Crippen LogP contribution in [0.3, 0.4) is 0 Å². The minimum absolute atomic E-state index is 0.430. The molecule has 3 nitrogen and oxygen atoms in total. The van der Waals surface area contributed by atoms with Crippen LogP contribution in [0.5, 0.6) is 0 Å². The van der Waals surface area contributed by atoms with E-state index in [1.807, 2.05) is 5.51 Å². The first kappa shape index (κ1) is 14.6. The minimum atomic E-state index is 0.430. The molecule has 0 saturated carbocycles. The summed E-state index contributed by atoms with van der Waals surface area (Å²) < 4.78 is 0. The zero-order valence-corrected chi connectivity index (χ0v) is 12.3. The molecule has 1 unspecified atom stereocenters. The fourth-order valence-electron chi connectivity index (χ4n) is 1.98. The standard InChI is InChI=1S/C13H25N3S/c1-5-16(6-2)9-7-8-14-11(3)13-12(4)15-10-17-13/h10-11,14H,5-9H2,1-4H3. The summed E-state index contributed by atoms with van der Waals surface area (Å²) in [5, 5.41) is 3.57. The van der Waals surface area contributed by atoms with Crippen LogP contribution in [-0.2, 0) is 0 Å². The van der Waals surface area contributed by atoms with Gasteiger partial charge in [0.2, 0.25) is 0 Å². The van der Waals surface area contributed by atoms with Crippen LogP contribution in [0.4, 0.5) is 0 Å². The summed E-state index contributed by atoms with van der Waals surface area (Å²) in [4.78, 5) is 8.12. The predicted molar refractivity (Wildman–Crippen MR) is 75.7 cm³/mol. The van der Waals surface area contributed by atoms with Crippen LogP contribution in [-0.4, -0.2) is 36.1 Å². The van der Waals surface area contributed by atoms with Crippen LogP contribution in [0.2, 0.25) is 0 Å². The number of thiazole rings is 1. The molecular weight excluding hydrogens is 230 g/mol. The quantitative estimate of drug-likeness (QED) is 0.724. The molecule has 1 heterocycles. The molecule has 0 bridgehead atoms. The number of rotatable bonds is 8. The summed E-state index contributed by atoms with van der Waals surface area (Å²) in [7, 11) is 0. The molecular formula is C13H25N3S. The van der Waals surface area contributed by atoms with Crippen molar-refractivity contribution in [2.24, 2.45) is 0 Å². The molecule has 1 rings (SSSR count). The molecule has 0 aliphatic rings. The molecule has 0 aliphatic carbocycles. The Labute approximate surface area is 109 Å². The van der Waals surface area contributed by atoms with Gasteiger partial charge in [-0.25, -0.2) is 4.98 Å². The number of aryl methyl sites for hydroxylation is 1. The largest absolute Gasteiger partial charge is 0.309 e. The molecule has 0 aromatic carbocycles. The van der Waals surface area contributed by atoms with Gasteiger partial charge >= 0.3 is 0 Å². The van der Waals surface area contributed by atoms with Gasteiger partial charge in [0.1, 0.15) is 0 Å². The van der Waals surface area contributed by atoms with Crippen molar-refractivity contribution in [2.45, 2.75) is 40.2 Å². The first-order valence-corrected chi connectivity index (χ1v) is 7.42. The second-order valence-electron chi connectivity index (χ2n) is 4.36. The van der Waals surface area contributed by atoms with E-state index in [-0.39, 0.29) is 0 Å². The van der Waals surface area contributed by atoms with Crippen molar-refractivity contribution in [1.82, 2.24) is 15.2 Å². The second-order valence-corrected chi connectivity index (χ2v) is 5.24. The molecule has 1 N–H and O–H groups in total. The van der Waals surface area contributed by atoms with Crippen LogP contribution in [0.15, 0.2) is 5.51 Å². The van der Waals surface area contributed by atoms with Crippen molar-refractivity contribution in [2.75, 3.05) is 26.2 Å². The normalized spacial score (nSPS) is 13.2. The van der Waals surface area contributed by atoms with E-state index in [0.29, 0.717) is 6.04 Å². The molecule has 17 heavy (non-hydrogen) atoms. The zero-order valence-electron chi connectivity index (χ0n) is 11.5. The Bertz CT molecular complexity index is 307. The molecule has 98 valence electrons. The molecule has 1 aromatic heterocycles. The number of nitrogens with zero attached hydrogens (tertiary/aromatic N) is 2. The van der Waals surface area contributed by atoms with Gasteiger partial charge in [0, 0.05) is 10.9 Å². The van der Waals surface area contributed by atoms with E-state index in [0.717, 1.165) is 19.6 Å². The molecule has 1 atom stereocenters. The van der Waals surface area contributed by atoms with Crippen LogP contribution in [0, 0.1) is 6.92 Å². The highest BCUT2D eigenvalue weighted by atomic mass is 32.1. The molecule has 0 saturated heterocycles. The monoisotopic (exact) mass is 255 g/mol. The van der Waals surface area contributed by atoms with E-state index < -0.39 is 0 Å². The predicted octanol–water partition coefficient (Wildman–Crippen LogP) is 2.83. The van der Waals surface area contributed by atoms with Gasteiger partial charge in [-0.1, -0.05) is 13.8 Å². The lowest BCUT2D eigenvalue weighted by atomic mass is 10.2. The van der Waals surface area contributed by atoms with Gasteiger partial charge < -0.3 is 10.2 Å². The number of hydrogen-bond donors (Lipinski definition) is 1. The molecule has 1 aromatic rings. The van der Waals surface area contributed by atoms with Gasteiger partial charge in [-0.05, 0) is 46.4 Å². The van der Waals surface area contributed by atoms with Crippen LogP contribution < -0.4 is 5.32 Å². The van der Waals surface area contributed by atoms with E-state index >= 15 is 0 Å². The van der Waals surface area contributed by atoms with E-state index in [1.165, 1.54) is 23.5 Å². The Morgan fingerprint density at radius 3 is 2.65 bits per heavy atom. The van der Waals surface area contributed by atoms with E-state index in [2.05, 4.69) is 42.9 Å². The lowest BCUT2D eigenvalue weighted by Crippen LogP contribution is -2.28. The maximum Gasteiger partial charge on any atom is 0.0798 e. The third-order valence-corrected chi connectivity index (χ3v) is 4.29. The van der Waals surface area contributed by atoms with Crippen LogP contribution in [0.25, 0.3) is 0 Å². The summed E-state index contributed by atoms with van der Waals surface area (Å²) in [6, 6.07) is 0.430. The smallest absolute Gasteiger partial charge is 0.0798 e. The Morgan fingerprint density at radius 1 is 1.41 bits per heavy atom. The fourth-order valence-corrected chi connectivity index (χ4v) is 2.82. The van der Waals surface area contributed by atoms with Gasteiger partial charge in [0.15, 0.2) is 0 Å². The highest BCUT2D eigenvalue weighted by Crippen LogP contribution is 2.20. The van der Waals surface area contributed by atoms with Gasteiger partial charge in [-0.3, -0.25) is 0 Å². The van der Waals surface area contributed by atoms with Crippen molar-refractivity contribution in [3.05, 3.63) is 16.1 Å². The minimum Gasteiger partial charge on any atom is -0.309 e. The number of nitrogens with one attached hydrogen (secondary N) is 1. The molecule has 0 fully saturated rings. The lowest BCUT2D eigenvalue weighted by Gasteiger charge is -2.19. The maximum absolute atomic E-state index is 4.29. The van der Waals surface area contributed by atoms with Gasteiger partial charge in [0.05, 0.1) is 11.2 Å². The van der Waals surface area contributed by atoms with Crippen LogP contribution in [0.1, 0.15) is 43.8 Å². The first-order chi connectivity index (χ1) is 8.19. The fraction of sp³-hybridized carbons (Fsp3) is 0.769. The Kier molecular flexibility index (Phi) is 6.70. The van der Waals surface area contributed by atoms with Crippen molar-refractivity contribution >= 4 is 11.3 Å². The summed E-state index contributed by atoms with van der Waals surface area (Å²) >= 11 is 1.75. The number of aromatic nitrogens is 1. The highest BCUT2D eigenvalue weighted by Gasteiger charge is 2.09. The topological polar surface area (TPSA) is 28.2 Å². The van der Waals surface area contributed by atoms with Gasteiger partial charge in [-0.2, -0.15) is 0 Å². The van der Waals surface area contributed by atoms with E-state index in [9.17, 15) is 0 Å². The Morgan fingerprint density at radius 2 is 2.12 bits per heavy atom. The zero-order chi connectivity index (χ0) is 12.7. The molecule has 4 heteroatoms. The van der Waals surface area contributed by atoms with Crippen molar-refractivity contribution < 1.29 is 0 Å². The average molecular weight is 255 g/mol. The lowest BCUT2D eigenvalue weighted by molar-refractivity contribution is 0.296. The van der Waals surface area contributed by atoms with E-state index in [4.69, 9.17) is 0 Å². The summed E-state index contributed by atoms with van der Waals surface area (Å²) in [6.07, 6.45) is 1.21. The molecule has 0 aliphatic heterocycles. The molecule has 0 spiro atoms. The van der Waals surface area contributed by atoms with Crippen molar-refractivity contribution in [3.63, 3.8) is 0 Å².